The van der Waals surface area contributed by atoms with Gasteiger partial charge in [0.15, 0.2) is 0 Å². The van der Waals surface area contributed by atoms with Crippen LogP contribution < -0.4 is 0 Å². The molecule has 6 heteroatoms. The summed E-state index contributed by atoms with van der Waals surface area (Å²) in [5.41, 5.74) is -2.28. The van der Waals surface area contributed by atoms with Crippen LogP contribution >= 0.6 is 27.8 Å². The largest absolute Gasteiger partial charge is 0.319 e. The highest BCUT2D eigenvalue weighted by Gasteiger charge is 2.16. The van der Waals surface area contributed by atoms with E-state index < -0.39 is 5.69 Å². The first kappa shape index (κ1) is 15.8. The van der Waals surface area contributed by atoms with E-state index in [0.717, 1.165) is 0 Å². The van der Waals surface area contributed by atoms with Gasteiger partial charge in [0.25, 0.3) is 0 Å². The normalized spacial score (nSPS) is 11.9. The molecule has 0 amide bonds. The van der Waals surface area contributed by atoms with Crippen LogP contribution in [-0.2, 0) is 20.9 Å². The van der Waals surface area contributed by atoms with E-state index in [1.807, 2.05) is 27.7 Å². The maximum atomic E-state index is 5.32. The zero-order chi connectivity index (χ0) is 9.07. The molecule has 12 heavy (non-hydrogen) atoms. The highest BCUT2D eigenvalue weighted by molar-refractivity contribution is 8.60. The standard InChI is InChI=1S/C6H15O2PS2.P/c1-5(2)7-9(10,11)8-6(3)4;/h5-6H,1-4H3,(H,10,11);. The summed E-state index contributed by atoms with van der Waals surface area (Å²) in [4.78, 5) is 0. The number of thiol groups is 1. The van der Waals surface area contributed by atoms with Gasteiger partial charge in [-0.2, -0.15) is 0 Å². The number of hydrogen-bond acceptors (Lipinski definition) is 3. The monoisotopic (exact) mass is 245 g/mol. The van der Waals surface area contributed by atoms with Crippen LogP contribution in [0.4, 0.5) is 0 Å². The van der Waals surface area contributed by atoms with Crippen molar-refractivity contribution in [3.05, 3.63) is 0 Å². The first-order valence-corrected chi connectivity index (χ1v) is 7.32. The van der Waals surface area contributed by atoms with Gasteiger partial charge in [0.2, 0.25) is 5.69 Å². The van der Waals surface area contributed by atoms with Gasteiger partial charge < -0.3 is 9.05 Å². The Morgan fingerprint density at radius 2 is 1.33 bits per heavy atom. The summed E-state index contributed by atoms with van der Waals surface area (Å²) in [6.07, 6.45) is 0.161. The number of hydrogen-bond donors (Lipinski definition) is 1. The lowest BCUT2D eigenvalue weighted by atomic mass is 10.5. The molecule has 0 rings (SSSR count). The van der Waals surface area contributed by atoms with E-state index in [1.165, 1.54) is 0 Å². The summed E-state index contributed by atoms with van der Waals surface area (Å²) in [6, 6.07) is 0. The van der Waals surface area contributed by atoms with E-state index in [4.69, 9.17) is 20.9 Å². The average molecular weight is 245 g/mol. The van der Waals surface area contributed by atoms with Crippen LogP contribution in [0.15, 0.2) is 0 Å². The van der Waals surface area contributed by atoms with Gasteiger partial charge in [0.05, 0.1) is 12.2 Å². The van der Waals surface area contributed by atoms with Crippen molar-refractivity contribution in [1.29, 1.82) is 0 Å². The summed E-state index contributed by atoms with van der Waals surface area (Å²) in [6.45, 7) is 7.67. The molecule has 0 N–H and O–H groups in total. The van der Waals surface area contributed by atoms with Crippen LogP contribution in [0.5, 0.6) is 0 Å². The summed E-state index contributed by atoms with van der Waals surface area (Å²) in [5.74, 6) is 0. The zero-order valence-corrected chi connectivity index (χ0v) is 11.2. The van der Waals surface area contributed by atoms with Crippen molar-refractivity contribution in [2.75, 3.05) is 0 Å². The van der Waals surface area contributed by atoms with Gasteiger partial charge in [-0.25, -0.2) is 0 Å². The Morgan fingerprint density at radius 3 is 1.50 bits per heavy atom. The van der Waals surface area contributed by atoms with Crippen LogP contribution in [0, 0.1) is 0 Å². The molecule has 0 atom stereocenters. The predicted octanol–water partition coefficient (Wildman–Crippen LogP) is 3.85. The lowest BCUT2D eigenvalue weighted by molar-refractivity contribution is 0.186. The van der Waals surface area contributed by atoms with Gasteiger partial charge in [-0.15, -0.1) is 0 Å². The fourth-order valence-corrected chi connectivity index (χ4v) is 3.84. The Bertz CT molecular complexity index is 148. The van der Waals surface area contributed by atoms with Crippen molar-refractivity contribution in [2.24, 2.45) is 0 Å². The van der Waals surface area contributed by atoms with Gasteiger partial charge >= 0.3 is 0 Å². The summed E-state index contributed by atoms with van der Waals surface area (Å²) in [7, 11) is 0. The quantitative estimate of drug-likeness (QED) is 0.599. The average Bonchev–Trinajstić information content (AvgIpc) is 1.53. The molecule has 0 aromatic carbocycles. The van der Waals surface area contributed by atoms with Gasteiger partial charge in [-0.3, -0.25) is 0 Å². The van der Waals surface area contributed by atoms with Crippen molar-refractivity contribution in [2.45, 2.75) is 39.9 Å². The summed E-state index contributed by atoms with van der Waals surface area (Å²) < 4.78 is 10.6. The minimum atomic E-state index is -2.28. The number of rotatable bonds is 4. The molecule has 0 heterocycles. The van der Waals surface area contributed by atoms with Gasteiger partial charge in [0.1, 0.15) is 0 Å². The Hall–Kier alpha value is 1.35. The van der Waals surface area contributed by atoms with E-state index in [0.29, 0.717) is 0 Å². The second kappa shape index (κ2) is 6.75. The van der Waals surface area contributed by atoms with Gasteiger partial charge in [0, 0.05) is 9.90 Å². The molecule has 73 valence electrons. The fraction of sp³-hybridized carbons (Fsp3) is 1.00. The smallest absolute Gasteiger partial charge is 0.244 e. The molecule has 0 spiro atoms. The van der Waals surface area contributed by atoms with Crippen molar-refractivity contribution in [3.8, 4) is 0 Å². The van der Waals surface area contributed by atoms with Crippen molar-refractivity contribution in [3.63, 3.8) is 0 Å². The maximum Gasteiger partial charge on any atom is 0.244 e. The van der Waals surface area contributed by atoms with E-state index in [9.17, 15) is 0 Å². The van der Waals surface area contributed by atoms with Crippen molar-refractivity contribution in [1.82, 2.24) is 0 Å². The Morgan fingerprint density at radius 1 is 1.08 bits per heavy atom. The van der Waals surface area contributed by atoms with E-state index in [2.05, 4.69) is 12.2 Å². The molecule has 0 saturated carbocycles. The third kappa shape index (κ3) is 9.44. The molecule has 0 saturated heterocycles. The van der Waals surface area contributed by atoms with Crippen LogP contribution in [0.3, 0.4) is 0 Å². The zero-order valence-electron chi connectivity index (χ0n) is 7.72. The van der Waals surface area contributed by atoms with E-state index >= 15 is 0 Å². The highest BCUT2D eigenvalue weighted by atomic mass is 32.9. The third-order valence-electron chi connectivity index (χ3n) is 0.688. The van der Waals surface area contributed by atoms with E-state index in [1.54, 1.807) is 0 Å². The van der Waals surface area contributed by atoms with Crippen LogP contribution in [-0.4, -0.2) is 12.2 Å². The lowest BCUT2D eigenvalue weighted by Crippen LogP contribution is -2.04. The minimum absolute atomic E-state index is 0. The lowest BCUT2D eigenvalue weighted by Gasteiger charge is -2.20. The SMILES string of the molecule is CC(C)OP(=S)(S)OC(C)C.[P]. The molecular weight excluding hydrogens is 230 g/mol. The third-order valence-corrected chi connectivity index (χ3v) is 3.15. The second-order valence-corrected chi connectivity index (χ2v) is 7.97. The summed E-state index contributed by atoms with van der Waals surface area (Å²) >= 11 is 9.17. The summed E-state index contributed by atoms with van der Waals surface area (Å²) in [5, 5.41) is 0. The molecule has 0 aromatic heterocycles. The maximum absolute atomic E-state index is 5.32. The molecular formula is C6H15O2P2S2. The predicted molar refractivity (Wildman–Crippen MR) is 62.6 cm³/mol. The van der Waals surface area contributed by atoms with Crippen LogP contribution in [0.2, 0.25) is 0 Å². The highest BCUT2D eigenvalue weighted by Crippen LogP contribution is 2.55. The molecule has 2 nitrogen and oxygen atoms in total. The first-order chi connectivity index (χ1) is 4.83. The van der Waals surface area contributed by atoms with Gasteiger partial charge in [-0.05, 0) is 39.5 Å². The molecule has 0 fully saturated rings. The topological polar surface area (TPSA) is 18.5 Å². The Labute approximate surface area is 88.7 Å². The molecule has 0 aliphatic rings. The molecule has 0 bridgehead atoms. The molecule has 0 aliphatic carbocycles. The fourth-order valence-electron chi connectivity index (χ4n) is 0.558. The Kier molecular flexibility index (Phi) is 8.89. The van der Waals surface area contributed by atoms with Crippen molar-refractivity contribution < 1.29 is 9.05 Å². The second-order valence-electron chi connectivity index (χ2n) is 2.78. The van der Waals surface area contributed by atoms with Crippen LogP contribution in [0.1, 0.15) is 27.7 Å². The van der Waals surface area contributed by atoms with Crippen molar-refractivity contribution >= 4 is 39.6 Å². The van der Waals surface area contributed by atoms with Gasteiger partial charge in [-0.1, -0.05) is 12.2 Å². The Balaban J connectivity index is 0. The molecule has 0 unspecified atom stereocenters. The molecule has 0 aliphatic heterocycles. The van der Waals surface area contributed by atoms with Crippen LogP contribution in [0.25, 0.3) is 0 Å². The molecule has 3 radical (unpaired) electrons. The minimum Gasteiger partial charge on any atom is -0.319 e. The molecule has 0 aromatic rings. The van der Waals surface area contributed by atoms with E-state index in [-0.39, 0.29) is 22.1 Å². The first-order valence-electron chi connectivity index (χ1n) is 3.53.